The quantitative estimate of drug-likeness (QED) is 0.815. The smallest absolute Gasteiger partial charge is 0.253 e. The van der Waals surface area contributed by atoms with Crippen molar-refractivity contribution in [3.8, 4) is 5.75 Å². The molecule has 0 radical (unpaired) electrons. The summed E-state index contributed by atoms with van der Waals surface area (Å²) in [5.74, 6) is 0.833. The number of aromatic nitrogens is 1. The minimum Gasteiger partial charge on any atom is -0.438 e. The van der Waals surface area contributed by atoms with Gasteiger partial charge in [-0.2, -0.15) is 0 Å². The van der Waals surface area contributed by atoms with Crippen molar-refractivity contribution < 1.29 is 22.8 Å². The van der Waals surface area contributed by atoms with E-state index >= 15 is 0 Å². The van der Waals surface area contributed by atoms with E-state index in [1.165, 1.54) is 18.3 Å². The summed E-state index contributed by atoms with van der Waals surface area (Å²) in [5, 5.41) is -0.0126. The van der Waals surface area contributed by atoms with E-state index < -0.39 is 15.4 Å². The number of carbonyl (C=O) groups excluding carboxylic acids is 1. The van der Waals surface area contributed by atoms with Gasteiger partial charge in [-0.25, -0.2) is 18.9 Å². The molecule has 0 atom stereocenters. The van der Waals surface area contributed by atoms with Crippen molar-refractivity contribution in [2.24, 2.45) is 0 Å². The zero-order valence-electron chi connectivity index (χ0n) is 15.9. The van der Waals surface area contributed by atoms with Crippen molar-refractivity contribution in [3.63, 3.8) is 0 Å². The maximum Gasteiger partial charge on any atom is 0.253 e. The number of nitrogens with zero attached hydrogens (tertiary/aromatic N) is 2. The molecule has 9 heteroatoms. The monoisotopic (exact) mass is 415 g/mol. The highest BCUT2D eigenvalue weighted by molar-refractivity contribution is 7.90. The lowest BCUT2D eigenvalue weighted by Crippen LogP contribution is -2.46. The summed E-state index contributed by atoms with van der Waals surface area (Å²) >= 11 is 0. The van der Waals surface area contributed by atoms with E-state index in [0.717, 1.165) is 6.26 Å². The minimum atomic E-state index is -3.36. The summed E-state index contributed by atoms with van der Waals surface area (Å²) in [6.07, 6.45) is 5.59. The van der Waals surface area contributed by atoms with Gasteiger partial charge >= 0.3 is 0 Å². The van der Waals surface area contributed by atoms with Gasteiger partial charge in [-0.15, -0.1) is 0 Å². The molecule has 152 valence electrons. The summed E-state index contributed by atoms with van der Waals surface area (Å²) in [4.78, 5) is 24.1. The van der Waals surface area contributed by atoms with E-state index in [2.05, 4.69) is 10.5 Å². The molecule has 2 aromatic rings. The fourth-order valence-electron chi connectivity index (χ4n) is 3.37. The molecule has 4 rings (SSSR count). The fourth-order valence-corrected chi connectivity index (χ4v) is 3.93. The predicted octanol–water partition coefficient (Wildman–Crippen LogP) is 1.92. The Morgan fingerprint density at radius 2 is 1.90 bits per heavy atom. The van der Waals surface area contributed by atoms with Gasteiger partial charge in [0.15, 0.2) is 14.9 Å². The second-order valence-corrected chi connectivity index (χ2v) is 9.10. The summed E-state index contributed by atoms with van der Waals surface area (Å²) in [7, 11) is -3.36. The van der Waals surface area contributed by atoms with Crippen LogP contribution in [0.15, 0.2) is 65.6 Å². The van der Waals surface area contributed by atoms with E-state index in [0.29, 0.717) is 43.1 Å². The van der Waals surface area contributed by atoms with Gasteiger partial charge in [-0.05, 0) is 24.3 Å². The van der Waals surface area contributed by atoms with E-state index in [4.69, 9.17) is 9.57 Å². The van der Waals surface area contributed by atoms with Gasteiger partial charge in [0.05, 0.1) is 6.20 Å². The molecule has 1 fully saturated rings. The highest BCUT2D eigenvalue weighted by atomic mass is 32.2. The lowest BCUT2D eigenvalue weighted by atomic mass is 9.91. The topological polar surface area (TPSA) is 97.8 Å². The number of sulfone groups is 1. The van der Waals surface area contributed by atoms with Crippen LogP contribution in [0.25, 0.3) is 0 Å². The average molecular weight is 415 g/mol. The van der Waals surface area contributed by atoms with Crippen LogP contribution >= 0.6 is 0 Å². The third kappa shape index (κ3) is 4.25. The molecule has 1 spiro atoms. The molecule has 2 aliphatic heterocycles. The molecule has 1 saturated heterocycles. The van der Waals surface area contributed by atoms with Crippen molar-refractivity contribution >= 4 is 15.7 Å². The Hall–Kier alpha value is -2.91. The summed E-state index contributed by atoms with van der Waals surface area (Å²) in [6, 6.07) is 12.2. The number of hydroxylamine groups is 1. The molecule has 29 heavy (non-hydrogen) atoms. The second kappa shape index (κ2) is 7.49. The van der Waals surface area contributed by atoms with Gasteiger partial charge in [-0.3, -0.25) is 9.63 Å². The number of amides is 1. The summed E-state index contributed by atoms with van der Waals surface area (Å²) < 4.78 is 28.7. The van der Waals surface area contributed by atoms with E-state index in [-0.39, 0.29) is 10.9 Å². The molecule has 2 aliphatic rings. The first-order valence-corrected chi connectivity index (χ1v) is 11.1. The Morgan fingerprint density at radius 3 is 2.52 bits per heavy atom. The number of piperidine rings is 1. The Morgan fingerprint density at radius 1 is 1.17 bits per heavy atom. The SMILES string of the molecule is CS(=O)(=O)c1ccc(OC2=CC3(CCN(C(=O)c4ccccc4)CC3)ON2)cn1. The second-order valence-electron chi connectivity index (χ2n) is 7.14. The van der Waals surface area contributed by atoms with Gasteiger partial charge < -0.3 is 9.64 Å². The third-order valence-electron chi connectivity index (χ3n) is 4.98. The highest BCUT2D eigenvalue weighted by Crippen LogP contribution is 2.33. The van der Waals surface area contributed by atoms with Crippen molar-refractivity contribution in [2.45, 2.75) is 23.5 Å². The van der Waals surface area contributed by atoms with Gasteiger partial charge in [0, 0.05) is 43.8 Å². The van der Waals surface area contributed by atoms with E-state index in [1.807, 2.05) is 41.3 Å². The molecule has 1 aromatic carbocycles. The fraction of sp³-hybridized carbons (Fsp3) is 0.300. The average Bonchev–Trinajstić information content (AvgIpc) is 3.10. The number of nitrogens with one attached hydrogen (secondary N) is 1. The van der Waals surface area contributed by atoms with Crippen molar-refractivity contribution in [3.05, 3.63) is 66.2 Å². The number of hydrogen-bond donors (Lipinski definition) is 1. The van der Waals surface area contributed by atoms with Crippen LogP contribution in [0.5, 0.6) is 5.75 Å². The molecule has 8 nitrogen and oxygen atoms in total. The van der Waals surface area contributed by atoms with Crippen LogP contribution in [0.3, 0.4) is 0 Å². The Labute approximate surface area is 169 Å². The Bertz CT molecular complexity index is 1030. The number of hydrogen-bond acceptors (Lipinski definition) is 7. The summed E-state index contributed by atoms with van der Waals surface area (Å²) in [6.45, 7) is 1.15. The van der Waals surface area contributed by atoms with Crippen molar-refractivity contribution in [1.29, 1.82) is 0 Å². The minimum absolute atomic E-state index is 0.0126. The maximum atomic E-state index is 12.6. The first-order valence-electron chi connectivity index (χ1n) is 9.20. The van der Waals surface area contributed by atoms with Crippen molar-refractivity contribution in [2.75, 3.05) is 19.3 Å². The molecule has 0 unspecified atom stereocenters. The maximum absolute atomic E-state index is 12.6. The lowest BCUT2D eigenvalue weighted by molar-refractivity contribution is -0.0754. The first-order chi connectivity index (χ1) is 13.8. The van der Waals surface area contributed by atoms with Crippen LogP contribution in [0.2, 0.25) is 0 Å². The van der Waals surface area contributed by atoms with Gasteiger partial charge in [0.1, 0.15) is 11.4 Å². The number of carbonyl (C=O) groups is 1. The van der Waals surface area contributed by atoms with Crippen LogP contribution in [-0.4, -0.2) is 49.2 Å². The van der Waals surface area contributed by atoms with Crippen LogP contribution in [0.1, 0.15) is 23.2 Å². The van der Waals surface area contributed by atoms with E-state index in [1.54, 1.807) is 0 Å². The Kier molecular flexibility index (Phi) is 5.01. The van der Waals surface area contributed by atoms with E-state index in [9.17, 15) is 13.2 Å². The van der Waals surface area contributed by atoms with Crippen molar-refractivity contribution in [1.82, 2.24) is 15.4 Å². The number of ether oxygens (including phenoxy) is 1. The third-order valence-corrected chi connectivity index (χ3v) is 5.98. The molecule has 0 saturated carbocycles. The predicted molar refractivity (Wildman–Crippen MR) is 105 cm³/mol. The van der Waals surface area contributed by atoms with Crippen LogP contribution in [-0.2, 0) is 14.7 Å². The van der Waals surface area contributed by atoms with Gasteiger partial charge in [0.25, 0.3) is 5.91 Å². The normalized spacial score (nSPS) is 18.2. The zero-order chi connectivity index (χ0) is 20.5. The molecule has 1 amide bonds. The number of pyridine rings is 1. The standard InChI is InChI=1S/C20H21N3O5S/c1-29(25,26)18-8-7-16(14-21-18)27-17-13-20(28-22-17)9-11-23(12-10-20)19(24)15-5-3-2-4-6-15/h2-8,13-14,22H,9-12H2,1H3. The van der Waals surface area contributed by atoms with Gasteiger partial charge in [-0.1, -0.05) is 18.2 Å². The number of likely N-dealkylation sites (tertiary alicyclic amines) is 1. The molecule has 0 aliphatic carbocycles. The number of benzene rings is 1. The summed E-state index contributed by atoms with van der Waals surface area (Å²) in [5.41, 5.74) is 2.92. The first kappa shape index (κ1) is 19.4. The highest BCUT2D eigenvalue weighted by Gasteiger charge is 2.40. The Balaban J connectivity index is 1.38. The van der Waals surface area contributed by atoms with Crippen LogP contribution in [0.4, 0.5) is 0 Å². The zero-order valence-corrected chi connectivity index (χ0v) is 16.7. The molecule has 1 aromatic heterocycles. The molecule has 1 N–H and O–H groups in total. The van der Waals surface area contributed by atoms with Crippen LogP contribution < -0.4 is 10.2 Å². The largest absolute Gasteiger partial charge is 0.438 e. The molecular weight excluding hydrogens is 394 g/mol. The van der Waals surface area contributed by atoms with Gasteiger partial charge in [0.2, 0.25) is 5.88 Å². The molecule has 3 heterocycles. The molecule has 0 bridgehead atoms. The number of rotatable bonds is 4. The lowest BCUT2D eigenvalue weighted by Gasteiger charge is -2.36. The molecular formula is C20H21N3O5S. The van der Waals surface area contributed by atoms with Crippen LogP contribution in [0, 0.1) is 0 Å².